The van der Waals surface area contributed by atoms with Crippen LogP contribution in [-0.2, 0) is 6.54 Å². The van der Waals surface area contributed by atoms with Crippen LogP contribution in [0.3, 0.4) is 0 Å². The third kappa shape index (κ3) is 2.76. The van der Waals surface area contributed by atoms with Crippen molar-refractivity contribution in [3.05, 3.63) is 101 Å². The predicted octanol–water partition coefficient (Wildman–Crippen LogP) is 5.17. The SMILES string of the molecule is O=c1cc(-c2cn(Cc3ccccc3)c3ccccc23)oc2ccc(O)cc12. The Hall–Kier alpha value is -3.79. The topological polar surface area (TPSA) is 55.4 Å². The smallest absolute Gasteiger partial charge is 0.193 e. The van der Waals surface area contributed by atoms with E-state index in [0.717, 1.165) is 23.0 Å². The van der Waals surface area contributed by atoms with Gasteiger partial charge in [0.2, 0.25) is 0 Å². The molecule has 0 amide bonds. The molecule has 0 saturated carbocycles. The van der Waals surface area contributed by atoms with E-state index in [4.69, 9.17) is 4.42 Å². The van der Waals surface area contributed by atoms with Gasteiger partial charge in [0.25, 0.3) is 0 Å². The van der Waals surface area contributed by atoms with E-state index < -0.39 is 0 Å². The minimum atomic E-state index is -0.174. The van der Waals surface area contributed by atoms with E-state index in [0.29, 0.717) is 16.7 Å². The predicted molar refractivity (Wildman–Crippen MR) is 111 cm³/mol. The molecule has 0 bridgehead atoms. The van der Waals surface area contributed by atoms with Gasteiger partial charge in [0, 0.05) is 35.3 Å². The van der Waals surface area contributed by atoms with E-state index in [1.54, 1.807) is 6.07 Å². The highest BCUT2D eigenvalue weighted by molar-refractivity contribution is 5.95. The number of nitrogens with zero attached hydrogens (tertiary/aromatic N) is 1. The fourth-order valence-corrected chi connectivity index (χ4v) is 3.63. The number of phenolic OH excluding ortho intramolecular Hbond substituents is 1. The quantitative estimate of drug-likeness (QED) is 0.479. The zero-order valence-corrected chi connectivity index (χ0v) is 15.0. The molecule has 0 spiro atoms. The van der Waals surface area contributed by atoms with E-state index in [-0.39, 0.29) is 11.2 Å². The highest BCUT2D eigenvalue weighted by Crippen LogP contribution is 2.32. The van der Waals surface area contributed by atoms with Gasteiger partial charge in [-0.2, -0.15) is 0 Å². The molecular formula is C24H17NO3. The van der Waals surface area contributed by atoms with Gasteiger partial charge in [-0.15, -0.1) is 0 Å². The first-order valence-electron chi connectivity index (χ1n) is 9.08. The highest BCUT2D eigenvalue weighted by atomic mass is 16.3. The summed E-state index contributed by atoms with van der Waals surface area (Å²) in [4.78, 5) is 12.6. The van der Waals surface area contributed by atoms with Crippen molar-refractivity contribution in [2.24, 2.45) is 0 Å². The molecule has 5 rings (SSSR count). The number of hydrogen-bond acceptors (Lipinski definition) is 3. The fourth-order valence-electron chi connectivity index (χ4n) is 3.63. The molecule has 1 N–H and O–H groups in total. The molecule has 5 aromatic rings. The van der Waals surface area contributed by atoms with Crippen LogP contribution in [0.15, 0.2) is 94.3 Å². The van der Waals surface area contributed by atoms with Crippen LogP contribution >= 0.6 is 0 Å². The molecule has 0 aliphatic carbocycles. The Balaban J connectivity index is 1.70. The number of para-hydroxylation sites is 1. The van der Waals surface area contributed by atoms with Crippen molar-refractivity contribution in [3.63, 3.8) is 0 Å². The molecule has 136 valence electrons. The standard InChI is InChI=1S/C24H17NO3/c26-17-10-11-23-19(12-17)22(27)13-24(28-23)20-15-25(14-16-6-2-1-3-7-16)21-9-5-4-8-18(20)21/h1-13,15,26H,14H2. The Morgan fingerprint density at radius 3 is 2.50 bits per heavy atom. The summed E-state index contributed by atoms with van der Waals surface area (Å²) in [6.07, 6.45) is 2.03. The Morgan fingerprint density at radius 2 is 1.64 bits per heavy atom. The summed E-state index contributed by atoms with van der Waals surface area (Å²) in [5, 5.41) is 11.0. The van der Waals surface area contributed by atoms with Crippen molar-refractivity contribution in [1.29, 1.82) is 0 Å². The van der Waals surface area contributed by atoms with Gasteiger partial charge in [0.1, 0.15) is 17.1 Å². The third-order valence-corrected chi connectivity index (χ3v) is 4.96. The summed E-state index contributed by atoms with van der Waals surface area (Å²) in [7, 11) is 0. The lowest BCUT2D eigenvalue weighted by molar-refractivity contribution is 0.475. The normalized spacial score (nSPS) is 11.3. The third-order valence-electron chi connectivity index (χ3n) is 4.96. The largest absolute Gasteiger partial charge is 0.508 e. The van der Waals surface area contributed by atoms with Crippen LogP contribution < -0.4 is 5.43 Å². The molecule has 0 fully saturated rings. The van der Waals surface area contributed by atoms with Crippen molar-refractivity contribution >= 4 is 21.9 Å². The minimum Gasteiger partial charge on any atom is -0.508 e. The van der Waals surface area contributed by atoms with Gasteiger partial charge in [-0.05, 0) is 29.8 Å². The van der Waals surface area contributed by atoms with Crippen molar-refractivity contribution in [3.8, 4) is 17.1 Å². The first-order chi connectivity index (χ1) is 13.7. The van der Waals surface area contributed by atoms with Gasteiger partial charge in [-0.1, -0.05) is 48.5 Å². The number of hydrogen-bond donors (Lipinski definition) is 1. The lowest BCUT2D eigenvalue weighted by Crippen LogP contribution is -2.00. The van der Waals surface area contributed by atoms with Crippen molar-refractivity contribution in [2.75, 3.05) is 0 Å². The summed E-state index contributed by atoms with van der Waals surface area (Å²) in [5.74, 6) is 0.568. The lowest BCUT2D eigenvalue weighted by Gasteiger charge is -2.05. The van der Waals surface area contributed by atoms with Gasteiger partial charge in [-0.25, -0.2) is 0 Å². The van der Waals surface area contributed by atoms with Gasteiger partial charge < -0.3 is 14.1 Å². The number of aromatic nitrogens is 1. The first kappa shape index (κ1) is 16.4. The van der Waals surface area contributed by atoms with Gasteiger partial charge in [-0.3, -0.25) is 4.79 Å². The number of rotatable bonds is 3. The first-order valence-corrected chi connectivity index (χ1v) is 9.08. The molecule has 28 heavy (non-hydrogen) atoms. The second kappa shape index (κ2) is 6.43. The Morgan fingerprint density at radius 1 is 0.857 bits per heavy atom. The van der Waals surface area contributed by atoms with Crippen LogP contribution in [0.1, 0.15) is 5.56 Å². The summed E-state index contributed by atoms with van der Waals surface area (Å²) in [6.45, 7) is 0.729. The van der Waals surface area contributed by atoms with Crippen LogP contribution in [0.4, 0.5) is 0 Å². The van der Waals surface area contributed by atoms with Crippen LogP contribution in [-0.4, -0.2) is 9.67 Å². The maximum Gasteiger partial charge on any atom is 0.193 e. The maximum atomic E-state index is 12.6. The van der Waals surface area contributed by atoms with Crippen molar-refractivity contribution in [1.82, 2.24) is 4.57 Å². The molecule has 0 aliphatic rings. The number of fused-ring (bicyclic) bond motifs is 2. The molecule has 0 atom stereocenters. The zero-order chi connectivity index (χ0) is 19.1. The van der Waals surface area contributed by atoms with Crippen LogP contribution in [0.2, 0.25) is 0 Å². The van der Waals surface area contributed by atoms with Crippen LogP contribution in [0, 0.1) is 0 Å². The summed E-state index contributed by atoms with van der Waals surface area (Å²) >= 11 is 0. The van der Waals surface area contributed by atoms with Gasteiger partial charge in [0.15, 0.2) is 5.43 Å². The fraction of sp³-hybridized carbons (Fsp3) is 0.0417. The highest BCUT2D eigenvalue weighted by Gasteiger charge is 2.14. The Labute approximate surface area is 160 Å². The van der Waals surface area contributed by atoms with E-state index in [1.165, 1.54) is 23.8 Å². The van der Waals surface area contributed by atoms with Crippen molar-refractivity contribution in [2.45, 2.75) is 6.54 Å². The summed E-state index contributed by atoms with van der Waals surface area (Å²) < 4.78 is 8.20. The molecule has 0 saturated heterocycles. The van der Waals surface area contributed by atoms with Crippen molar-refractivity contribution < 1.29 is 9.52 Å². The monoisotopic (exact) mass is 367 g/mol. The second-order valence-corrected chi connectivity index (χ2v) is 6.83. The minimum absolute atomic E-state index is 0.0482. The molecule has 4 nitrogen and oxygen atoms in total. The molecule has 4 heteroatoms. The average Bonchev–Trinajstić information content (AvgIpc) is 3.08. The van der Waals surface area contributed by atoms with Crippen LogP contribution in [0.25, 0.3) is 33.2 Å². The number of phenols is 1. The van der Waals surface area contributed by atoms with E-state index in [2.05, 4.69) is 22.8 Å². The van der Waals surface area contributed by atoms with Gasteiger partial charge >= 0.3 is 0 Å². The van der Waals surface area contributed by atoms with E-state index >= 15 is 0 Å². The van der Waals surface area contributed by atoms with E-state index in [9.17, 15) is 9.90 Å². The Bertz CT molecular complexity index is 1360. The van der Waals surface area contributed by atoms with Crippen LogP contribution in [0.5, 0.6) is 5.75 Å². The van der Waals surface area contributed by atoms with E-state index in [1.807, 2.05) is 42.6 Å². The molecule has 2 heterocycles. The summed E-state index contributed by atoms with van der Waals surface area (Å²) in [6, 6.07) is 24.4. The summed E-state index contributed by atoms with van der Waals surface area (Å²) in [5.41, 5.74) is 3.44. The lowest BCUT2D eigenvalue weighted by atomic mass is 10.1. The van der Waals surface area contributed by atoms with Gasteiger partial charge in [0.05, 0.1) is 5.39 Å². The maximum absolute atomic E-state index is 12.6. The number of benzene rings is 3. The molecule has 2 aromatic heterocycles. The number of aromatic hydroxyl groups is 1. The second-order valence-electron chi connectivity index (χ2n) is 6.83. The molecule has 0 aliphatic heterocycles. The average molecular weight is 367 g/mol. The zero-order valence-electron chi connectivity index (χ0n) is 15.0. The molecular weight excluding hydrogens is 350 g/mol. The Kier molecular flexibility index (Phi) is 3.76. The molecule has 0 radical (unpaired) electrons. The molecule has 3 aromatic carbocycles. The molecule has 0 unspecified atom stereocenters.